The van der Waals surface area contributed by atoms with Gasteiger partial charge in [0, 0.05) is 24.0 Å². The zero-order valence-electron chi connectivity index (χ0n) is 16.8. The van der Waals surface area contributed by atoms with Gasteiger partial charge in [-0.05, 0) is 42.5 Å². The second-order valence-electron chi connectivity index (χ2n) is 7.45. The number of aryl methyl sites for hydroxylation is 1. The lowest BCUT2D eigenvalue weighted by Gasteiger charge is -2.29. The van der Waals surface area contributed by atoms with Gasteiger partial charge in [-0.25, -0.2) is 0 Å². The van der Waals surface area contributed by atoms with Crippen molar-refractivity contribution < 1.29 is 9.59 Å². The fourth-order valence-electron chi connectivity index (χ4n) is 2.86. The maximum atomic E-state index is 13.0. The first-order chi connectivity index (χ1) is 13.4. The zero-order chi connectivity index (χ0) is 20.5. The molecule has 0 aromatic heterocycles. The largest absolute Gasteiger partial charge is 0.354 e. The molecule has 0 heterocycles. The Kier molecular flexibility index (Phi) is 8.71. The molecule has 0 aliphatic carbocycles. The molecular formula is C23H29BrN2O2. The molecule has 0 saturated carbocycles. The van der Waals surface area contributed by atoms with Crippen LogP contribution in [0.2, 0.25) is 0 Å². The minimum Gasteiger partial charge on any atom is -0.354 e. The van der Waals surface area contributed by atoms with Crippen LogP contribution in [-0.4, -0.2) is 29.3 Å². The van der Waals surface area contributed by atoms with E-state index in [9.17, 15) is 9.59 Å². The van der Waals surface area contributed by atoms with Gasteiger partial charge < -0.3 is 10.2 Å². The molecule has 28 heavy (non-hydrogen) atoms. The minimum absolute atomic E-state index is 0.0148. The van der Waals surface area contributed by atoms with E-state index in [1.165, 1.54) is 0 Å². The fourth-order valence-corrected chi connectivity index (χ4v) is 3.13. The van der Waals surface area contributed by atoms with Gasteiger partial charge in [0.2, 0.25) is 11.8 Å². The average molecular weight is 445 g/mol. The predicted octanol–water partition coefficient (Wildman–Crippen LogP) is 4.57. The molecule has 0 bridgehead atoms. The first-order valence-corrected chi connectivity index (χ1v) is 10.5. The van der Waals surface area contributed by atoms with E-state index in [0.717, 1.165) is 15.6 Å². The molecule has 4 nitrogen and oxygen atoms in total. The van der Waals surface area contributed by atoms with Crippen LogP contribution in [0, 0.1) is 5.92 Å². The van der Waals surface area contributed by atoms with E-state index in [0.29, 0.717) is 31.8 Å². The molecule has 0 aliphatic rings. The van der Waals surface area contributed by atoms with Crippen molar-refractivity contribution in [3.05, 3.63) is 70.2 Å². The van der Waals surface area contributed by atoms with Crippen LogP contribution in [0.5, 0.6) is 0 Å². The van der Waals surface area contributed by atoms with Crippen LogP contribution < -0.4 is 5.32 Å². The monoisotopic (exact) mass is 444 g/mol. The molecule has 0 saturated heterocycles. The maximum Gasteiger partial charge on any atom is 0.242 e. The Hall–Kier alpha value is -2.14. The predicted molar refractivity (Wildman–Crippen MR) is 117 cm³/mol. The Balaban J connectivity index is 2.10. The maximum absolute atomic E-state index is 13.0. The van der Waals surface area contributed by atoms with Gasteiger partial charge in [-0.15, -0.1) is 0 Å². The second kappa shape index (κ2) is 11.0. The highest BCUT2D eigenvalue weighted by Gasteiger charge is 2.25. The third-order valence-electron chi connectivity index (χ3n) is 4.59. The number of carbonyl (C=O) groups is 2. The van der Waals surface area contributed by atoms with E-state index in [2.05, 4.69) is 35.1 Å². The molecule has 1 atom stereocenters. The van der Waals surface area contributed by atoms with Crippen molar-refractivity contribution in [1.82, 2.24) is 10.2 Å². The highest BCUT2D eigenvalue weighted by molar-refractivity contribution is 9.10. The summed E-state index contributed by atoms with van der Waals surface area (Å²) in [6, 6.07) is 17.3. The summed E-state index contributed by atoms with van der Waals surface area (Å²) in [5.41, 5.74) is 2.12. The van der Waals surface area contributed by atoms with Gasteiger partial charge in [-0.2, -0.15) is 0 Å². The van der Waals surface area contributed by atoms with Crippen molar-refractivity contribution in [2.75, 3.05) is 6.54 Å². The molecule has 0 radical (unpaired) electrons. The van der Waals surface area contributed by atoms with E-state index in [-0.39, 0.29) is 11.8 Å². The SMILES string of the molecule is CC(C)CNC(=O)[C@H](C)N(Cc1ccc(Br)cc1)C(=O)CCc1ccccc1. The molecule has 2 aromatic carbocycles. The highest BCUT2D eigenvalue weighted by atomic mass is 79.9. The molecule has 150 valence electrons. The van der Waals surface area contributed by atoms with Gasteiger partial charge >= 0.3 is 0 Å². The van der Waals surface area contributed by atoms with Gasteiger partial charge in [0.15, 0.2) is 0 Å². The molecule has 0 unspecified atom stereocenters. The van der Waals surface area contributed by atoms with Gasteiger partial charge in [0.25, 0.3) is 0 Å². The summed E-state index contributed by atoms with van der Waals surface area (Å²) in [6.07, 6.45) is 1.04. The minimum atomic E-state index is -0.523. The first kappa shape index (κ1) is 22.2. The van der Waals surface area contributed by atoms with Crippen molar-refractivity contribution in [3.8, 4) is 0 Å². The smallest absolute Gasteiger partial charge is 0.242 e. The Morgan fingerprint density at radius 3 is 2.21 bits per heavy atom. The number of nitrogens with one attached hydrogen (secondary N) is 1. The van der Waals surface area contributed by atoms with Crippen LogP contribution in [0.3, 0.4) is 0 Å². The Morgan fingerprint density at radius 2 is 1.61 bits per heavy atom. The number of hydrogen-bond donors (Lipinski definition) is 1. The molecule has 0 spiro atoms. The van der Waals surface area contributed by atoms with Gasteiger partial charge in [0.1, 0.15) is 6.04 Å². The second-order valence-corrected chi connectivity index (χ2v) is 8.36. The number of nitrogens with zero attached hydrogens (tertiary/aromatic N) is 1. The number of amides is 2. The molecule has 5 heteroatoms. The van der Waals surface area contributed by atoms with Crippen molar-refractivity contribution in [2.24, 2.45) is 5.92 Å². The van der Waals surface area contributed by atoms with E-state index >= 15 is 0 Å². The van der Waals surface area contributed by atoms with Crippen LogP contribution in [-0.2, 0) is 22.6 Å². The number of carbonyl (C=O) groups excluding carboxylic acids is 2. The molecule has 2 amide bonds. The van der Waals surface area contributed by atoms with Crippen LogP contribution >= 0.6 is 15.9 Å². The fraction of sp³-hybridized carbons (Fsp3) is 0.391. The number of rotatable bonds is 9. The zero-order valence-corrected chi connectivity index (χ0v) is 18.4. The van der Waals surface area contributed by atoms with E-state index in [1.54, 1.807) is 11.8 Å². The van der Waals surface area contributed by atoms with Gasteiger partial charge in [-0.3, -0.25) is 9.59 Å². The molecule has 0 aliphatic heterocycles. The first-order valence-electron chi connectivity index (χ1n) is 9.72. The average Bonchev–Trinajstić information content (AvgIpc) is 2.70. The summed E-state index contributed by atoms with van der Waals surface area (Å²) in [6.45, 7) is 6.92. The van der Waals surface area contributed by atoms with E-state index < -0.39 is 6.04 Å². The third kappa shape index (κ3) is 7.12. The quantitative estimate of drug-likeness (QED) is 0.615. The Labute approximate surface area is 176 Å². The summed E-state index contributed by atoms with van der Waals surface area (Å²) in [4.78, 5) is 27.3. The molecular weight excluding hydrogens is 416 g/mol. The Bertz CT molecular complexity index is 760. The van der Waals surface area contributed by atoms with E-state index in [1.807, 2.05) is 54.6 Å². The highest BCUT2D eigenvalue weighted by Crippen LogP contribution is 2.16. The summed E-state index contributed by atoms with van der Waals surface area (Å²) in [5.74, 6) is 0.239. The topological polar surface area (TPSA) is 49.4 Å². The standard InChI is InChI=1S/C23H29BrN2O2/c1-17(2)15-25-23(28)18(3)26(16-20-9-12-21(24)13-10-20)22(27)14-11-19-7-5-4-6-8-19/h4-10,12-13,17-18H,11,14-16H2,1-3H3,(H,25,28)/t18-/m0/s1. The molecule has 1 N–H and O–H groups in total. The van der Waals surface area contributed by atoms with Crippen molar-refractivity contribution in [2.45, 2.75) is 46.2 Å². The van der Waals surface area contributed by atoms with Crippen LogP contribution in [0.4, 0.5) is 0 Å². The van der Waals surface area contributed by atoms with Crippen LogP contribution in [0.1, 0.15) is 38.3 Å². The van der Waals surface area contributed by atoms with Crippen molar-refractivity contribution in [1.29, 1.82) is 0 Å². The normalized spacial score (nSPS) is 11.9. The summed E-state index contributed by atoms with van der Waals surface area (Å²) in [5, 5.41) is 2.95. The summed E-state index contributed by atoms with van der Waals surface area (Å²) >= 11 is 3.43. The summed E-state index contributed by atoms with van der Waals surface area (Å²) in [7, 11) is 0. The number of halogens is 1. The number of hydrogen-bond acceptors (Lipinski definition) is 2. The number of benzene rings is 2. The third-order valence-corrected chi connectivity index (χ3v) is 5.12. The summed E-state index contributed by atoms with van der Waals surface area (Å²) < 4.78 is 0.987. The van der Waals surface area contributed by atoms with Crippen molar-refractivity contribution in [3.63, 3.8) is 0 Å². The lowest BCUT2D eigenvalue weighted by Crippen LogP contribution is -2.48. The molecule has 2 aromatic rings. The lowest BCUT2D eigenvalue weighted by molar-refractivity contribution is -0.140. The van der Waals surface area contributed by atoms with E-state index in [4.69, 9.17) is 0 Å². The van der Waals surface area contributed by atoms with Crippen LogP contribution in [0.25, 0.3) is 0 Å². The van der Waals surface area contributed by atoms with Gasteiger partial charge in [-0.1, -0.05) is 72.2 Å². The van der Waals surface area contributed by atoms with Crippen molar-refractivity contribution >= 4 is 27.7 Å². The molecule has 0 fully saturated rings. The van der Waals surface area contributed by atoms with Crippen LogP contribution in [0.15, 0.2) is 59.1 Å². The Morgan fingerprint density at radius 1 is 0.964 bits per heavy atom. The lowest BCUT2D eigenvalue weighted by atomic mass is 10.1. The molecule has 2 rings (SSSR count). The van der Waals surface area contributed by atoms with Gasteiger partial charge in [0.05, 0.1) is 0 Å².